The molecule has 0 aliphatic rings. The van der Waals surface area contributed by atoms with Gasteiger partial charge >= 0.3 is 0 Å². The quantitative estimate of drug-likeness (QED) is 0.408. The Hall–Kier alpha value is -3.60. The second-order valence-corrected chi connectivity index (χ2v) is 8.22. The minimum Gasteiger partial charge on any atom is -0.483 e. The number of aromatic nitrogens is 2. The standard InChI is InChI=1S/C26H27N3O2/c1-16(2)21-11-5-18(4)14-24(21)31-15-25(30)27-20-9-7-19(8-10-20)26-28-22-12-6-17(3)13-23(22)29-26/h5-14,16H,15H2,1-4H3,(H,27,30)(H,28,29). The molecule has 2 N–H and O–H groups in total. The number of hydrogen-bond acceptors (Lipinski definition) is 3. The summed E-state index contributed by atoms with van der Waals surface area (Å²) in [7, 11) is 0. The van der Waals surface area contributed by atoms with Gasteiger partial charge in [-0.1, -0.05) is 32.0 Å². The minimum atomic E-state index is -0.192. The average Bonchev–Trinajstić information content (AvgIpc) is 3.16. The molecule has 4 rings (SSSR count). The highest BCUT2D eigenvalue weighted by Crippen LogP contribution is 2.27. The van der Waals surface area contributed by atoms with E-state index < -0.39 is 0 Å². The fraction of sp³-hybridized carbons (Fsp3) is 0.231. The second-order valence-electron chi connectivity index (χ2n) is 8.22. The Labute approximate surface area is 182 Å². The fourth-order valence-corrected chi connectivity index (χ4v) is 3.56. The van der Waals surface area contributed by atoms with Crippen molar-refractivity contribution in [2.75, 3.05) is 11.9 Å². The molecule has 0 aliphatic heterocycles. The van der Waals surface area contributed by atoms with E-state index in [0.29, 0.717) is 5.92 Å². The third-order valence-corrected chi connectivity index (χ3v) is 5.23. The number of fused-ring (bicyclic) bond motifs is 1. The van der Waals surface area contributed by atoms with Crippen molar-refractivity contribution in [3.05, 3.63) is 77.4 Å². The van der Waals surface area contributed by atoms with Gasteiger partial charge in [0.1, 0.15) is 11.6 Å². The molecule has 4 aromatic rings. The Kier molecular flexibility index (Phi) is 5.76. The molecule has 0 fully saturated rings. The van der Waals surface area contributed by atoms with E-state index in [4.69, 9.17) is 4.74 Å². The number of anilines is 1. The number of amides is 1. The zero-order valence-electron chi connectivity index (χ0n) is 18.3. The van der Waals surface area contributed by atoms with Gasteiger partial charge in [-0.25, -0.2) is 4.98 Å². The molecule has 0 saturated heterocycles. The van der Waals surface area contributed by atoms with Crippen LogP contribution < -0.4 is 10.1 Å². The molecule has 0 bridgehead atoms. The average molecular weight is 414 g/mol. The molecule has 1 amide bonds. The number of nitrogens with zero attached hydrogens (tertiary/aromatic N) is 1. The van der Waals surface area contributed by atoms with Crippen LogP contribution in [0.15, 0.2) is 60.7 Å². The zero-order valence-corrected chi connectivity index (χ0v) is 18.3. The van der Waals surface area contributed by atoms with Gasteiger partial charge in [-0.05, 0) is 78.9 Å². The van der Waals surface area contributed by atoms with Crippen molar-refractivity contribution in [3.63, 3.8) is 0 Å². The lowest BCUT2D eigenvalue weighted by Gasteiger charge is -2.15. The molecule has 0 radical (unpaired) electrons. The molecular formula is C26H27N3O2. The topological polar surface area (TPSA) is 67.0 Å². The Balaban J connectivity index is 1.41. The van der Waals surface area contributed by atoms with Crippen molar-refractivity contribution in [1.82, 2.24) is 9.97 Å². The molecule has 31 heavy (non-hydrogen) atoms. The summed E-state index contributed by atoms with van der Waals surface area (Å²) in [6.45, 7) is 8.27. The molecule has 1 heterocycles. The number of aromatic amines is 1. The van der Waals surface area contributed by atoms with Crippen LogP contribution in [0.25, 0.3) is 22.4 Å². The van der Waals surface area contributed by atoms with Crippen molar-refractivity contribution in [2.24, 2.45) is 0 Å². The van der Waals surface area contributed by atoms with Crippen LogP contribution in [0.4, 0.5) is 5.69 Å². The summed E-state index contributed by atoms with van der Waals surface area (Å²) in [6, 6.07) is 19.9. The first-order chi connectivity index (χ1) is 14.9. The Morgan fingerprint density at radius 2 is 1.71 bits per heavy atom. The molecule has 0 unspecified atom stereocenters. The number of H-pyrrole nitrogens is 1. The van der Waals surface area contributed by atoms with Crippen LogP contribution in [-0.2, 0) is 4.79 Å². The predicted octanol–water partition coefficient (Wildman–Crippen LogP) is 5.99. The number of aryl methyl sites for hydroxylation is 2. The van der Waals surface area contributed by atoms with E-state index in [1.165, 1.54) is 5.56 Å². The van der Waals surface area contributed by atoms with Gasteiger partial charge in [0.15, 0.2) is 6.61 Å². The lowest BCUT2D eigenvalue weighted by Crippen LogP contribution is -2.20. The van der Waals surface area contributed by atoms with Crippen LogP contribution in [0, 0.1) is 13.8 Å². The van der Waals surface area contributed by atoms with Crippen molar-refractivity contribution >= 4 is 22.6 Å². The van der Waals surface area contributed by atoms with Gasteiger partial charge in [0.2, 0.25) is 0 Å². The lowest BCUT2D eigenvalue weighted by atomic mass is 10.0. The van der Waals surface area contributed by atoms with Gasteiger partial charge in [0, 0.05) is 11.3 Å². The normalized spacial score (nSPS) is 11.1. The molecule has 5 heteroatoms. The van der Waals surface area contributed by atoms with Crippen molar-refractivity contribution in [2.45, 2.75) is 33.6 Å². The molecule has 0 spiro atoms. The number of hydrogen-bond donors (Lipinski definition) is 2. The van der Waals surface area contributed by atoms with E-state index >= 15 is 0 Å². The SMILES string of the molecule is Cc1ccc(C(C)C)c(OCC(=O)Nc2ccc(-c3nc4ccc(C)cc4[nH]3)cc2)c1. The number of carbonyl (C=O) groups is 1. The van der Waals surface area contributed by atoms with Crippen molar-refractivity contribution in [1.29, 1.82) is 0 Å². The van der Waals surface area contributed by atoms with Crippen LogP contribution >= 0.6 is 0 Å². The summed E-state index contributed by atoms with van der Waals surface area (Å²) >= 11 is 0. The molecule has 0 saturated carbocycles. The van der Waals surface area contributed by atoms with Gasteiger partial charge in [-0.3, -0.25) is 4.79 Å². The molecule has 3 aromatic carbocycles. The Morgan fingerprint density at radius 3 is 2.45 bits per heavy atom. The lowest BCUT2D eigenvalue weighted by molar-refractivity contribution is -0.118. The van der Waals surface area contributed by atoms with E-state index in [2.05, 4.69) is 60.3 Å². The van der Waals surface area contributed by atoms with Gasteiger partial charge in [0.05, 0.1) is 11.0 Å². The number of imidazole rings is 1. The molecule has 1 aromatic heterocycles. The van der Waals surface area contributed by atoms with Gasteiger partial charge in [0.25, 0.3) is 5.91 Å². The van der Waals surface area contributed by atoms with E-state index in [-0.39, 0.29) is 12.5 Å². The maximum Gasteiger partial charge on any atom is 0.262 e. The molecule has 0 aliphatic carbocycles. The van der Waals surface area contributed by atoms with E-state index in [1.54, 1.807) is 0 Å². The summed E-state index contributed by atoms with van der Waals surface area (Å²) in [6.07, 6.45) is 0. The highest BCUT2D eigenvalue weighted by Gasteiger charge is 2.11. The van der Waals surface area contributed by atoms with Crippen LogP contribution in [0.3, 0.4) is 0 Å². The zero-order chi connectivity index (χ0) is 22.0. The Bertz CT molecular complexity index is 1220. The van der Waals surface area contributed by atoms with E-state index in [1.807, 2.05) is 43.3 Å². The van der Waals surface area contributed by atoms with Gasteiger partial charge in [-0.2, -0.15) is 0 Å². The van der Waals surface area contributed by atoms with Crippen LogP contribution in [0.2, 0.25) is 0 Å². The summed E-state index contributed by atoms with van der Waals surface area (Å²) in [5.74, 6) is 1.71. The molecule has 158 valence electrons. The monoisotopic (exact) mass is 413 g/mol. The maximum atomic E-state index is 12.4. The third kappa shape index (κ3) is 4.77. The predicted molar refractivity (Wildman–Crippen MR) is 126 cm³/mol. The molecule has 0 atom stereocenters. The summed E-state index contributed by atoms with van der Waals surface area (Å²) < 4.78 is 5.82. The summed E-state index contributed by atoms with van der Waals surface area (Å²) in [5.41, 5.74) is 7.03. The van der Waals surface area contributed by atoms with Gasteiger partial charge in [-0.15, -0.1) is 0 Å². The van der Waals surface area contributed by atoms with Crippen molar-refractivity contribution in [3.8, 4) is 17.1 Å². The van der Waals surface area contributed by atoms with Gasteiger partial charge < -0.3 is 15.0 Å². The van der Waals surface area contributed by atoms with Crippen LogP contribution in [-0.4, -0.2) is 22.5 Å². The van der Waals surface area contributed by atoms with Crippen molar-refractivity contribution < 1.29 is 9.53 Å². The minimum absolute atomic E-state index is 0.0339. The largest absolute Gasteiger partial charge is 0.483 e. The smallest absolute Gasteiger partial charge is 0.262 e. The fourth-order valence-electron chi connectivity index (χ4n) is 3.56. The second kappa shape index (κ2) is 8.64. The highest BCUT2D eigenvalue weighted by atomic mass is 16.5. The number of nitrogens with one attached hydrogen (secondary N) is 2. The summed E-state index contributed by atoms with van der Waals surface area (Å²) in [4.78, 5) is 20.4. The number of rotatable bonds is 6. The third-order valence-electron chi connectivity index (χ3n) is 5.23. The summed E-state index contributed by atoms with van der Waals surface area (Å²) in [5, 5.41) is 2.89. The number of carbonyl (C=O) groups excluding carboxylic acids is 1. The number of ether oxygens (including phenoxy) is 1. The van der Waals surface area contributed by atoms with Crippen LogP contribution in [0.5, 0.6) is 5.75 Å². The van der Waals surface area contributed by atoms with E-state index in [0.717, 1.165) is 45.0 Å². The number of benzene rings is 3. The Morgan fingerprint density at radius 1 is 1.00 bits per heavy atom. The first-order valence-corrected chi connectivity index (χ1v) is 10.5. The van der Waals surface area contributed by atoms with E-state index in [9.17, 15) is 4.79 Å². The first kappa shape index (κ1) is 20.7. The highest BCUT2D eigenvalue weighted by molar-refractivity contribution is 5.92. The maximum absolute atomic E-state index is 12.4. The first-order valence-electron chi connectivity index (χ1n) is 10.5. The molecule has 5 nitrogen and oxygen atoms in total. The van der Waals surface area contributed by atoms with Crippen LogP contribution in [0.1, 0.15) is 36.5 Å². The molecular weight excluding hydrogens is 386 g/mol.